The number of carbonyl (C=O) groups is 1. The fraction of sp³-hybridized carbons (Fsp3) is 0.391. The van der Waals surface area contributed by atoms with Crippen molar-refractivity contribution in [2.75, 3.05) is 24.6 Å². The number of imidazole rings is 1. The molecule has 29 heavy (non-hydrogen) atoms. The monoisotopic (exact) mass is 392 g/mol. The number of carbonyl (C=O) groups excluding carboxylic acids is 1. The summed E-state index contributed by atoms with van der Waals surface area (Å²) >= 11 is 0. The van der Waals surface area contributed by atoms with Crippen molar-refractivity contribution in [1.82, 2.24) is 14.9 Å². The minimum atomic E-state index is -0.0678. The van der Waals surface area contributed by atoms with Crippen LogP contribution in [0.4, 0.5) is 5.95 Å². The van der Waals surface area contributed by atoms with Gasteiger partial charge in [-0.3, -0.25) is 4.79 Å². The summed E-state index contributed by atoms with van der Waals surface area (Å²) in [5.41, 5.74) is 2.20. The number of fused-ring (bicyclic) bond motifs is 1. The summed E-state index contributed by atoms with van der Waals surface area (Å²) in [7, 11) is 0. The Kier molecular flexibility index (Phi) is 5.69. The summed E-state index contributed by atoms with van der Waals surface area (Å²) in [6.45, 7) is 6.18. The molecule has 152 valence electrons. The normalized spacial score (nSPS) is 15.1. The third-order valence-corrected chi connectivity index (χ3v) is 5.35. The van der Waals surface area contributed by atoms with E-state index in [-0.39, 0.29) is 18.6 Å². The molecule has 3 aromatic rings. The molecule has 0 unspecified atom stereocenters. The molecular formula is C23H28N4O2. The fourth-order valence-electron chi connectivity index (χ4n) is 3.92. The largest absolute Gasteiger partial charge is 0.484 e. The number of hydrogen-bond donors (Lipinski definition) is 1. The fourth-order valence-corrected chi connectivity index (χ4v) is 3.92. The Morgan fingerprint density at radius 3 is 2.52 bits per heavy atom. The highest BCUT2D eigenvalue weighted by Gasteiger charge is 2.25. The summed E-state index contributed by atoms with van der Waals surface area (Å²) < 4.78 is 7.85. The molecular weight excluding hydrogens is 364 g/mol. The average Bonchev–Trinajstić information content (AvgIpc) is 3.13. The van der Waals surface area contributed by atoms with Crippen LogP contribution in [0.3, 0.4) is 0 Å². The van der Waals surface area contributed by atoms with Gasteiger partial charge in [-0.15, -0.1) is 0 Å². The smallest absolute Gasteiger partial charge is 0.258 e. The Hall–Kier alpha value is -3.02. The Balaban J connectivity index is 1.34. The maximum atomic E-state index is 12.2. The standard InChI is InChI=1S/C23H28N4O2/c1-17(2)27-21-11-7-6-10-20(21)25-23(27)26-14-12-18(13-15-26)24-22(28)16-29-19-8-4-3-5-9-19/h3-11,17-18H,12-16H2,1-2H3,(H,24,28). The molecule has 6 heteroatoms. The maximum Gasteiger partial charge on any atom is 0.258 e. The van der Waals surface area contributed by atoms with Crippen LogP contribution in [-0.2, 0) is 4.79 Å². The minimum Gasteiger partial charge on any atom is -0.484 e. The van der Waals surface area contributed by atoms with E-state index in [0.29, 0.717) is 11.8 Å². The van der Waals surface area contributed by atoms with Gasteiger partial charge in [0.05, 0.1) is 11.0 Å². The van der Waals surface area contributed by atoms with Crippen LogP contribution >= 0.6 is 0 Å². The lowest BCUT2D eigenvalue weighted by Crippen LogP contribution is -2.46. The molecule has 1 saturated heterocycles. The third kappa shape index (κ3) is 4.36. The highest BCUT2D eigenvalue weighted by atomic mass is 16.5. The van der Waals surface area contributed by atoms with E-state index in [0.717, 1.165) is 37.4 Å². The van der Waals surface area contributed by atoms with E-state index in [4.69, 9.17) is 9.72 Å². The van der Waals surface area contributed by atoms with Crippen LogP contribution in [0.1, 0.15) is 32.7 Å². The van der Waals surface area contributed by atoms with Gasteiger partial charge in [0, 0.05) is 25.2 Å². The highest BCUT2D eigenvalue weighted by molar-refractivity contribution is 5.79. The highest BCUT2D eigenvalue weighted by Crippen LogP contribution is 2.28. The number of nitrogens with one attached hydrogen (secondary N) is 1. The first-order valence-corrected chi connectivity index (χ1v) is 10.3. The zero-order chi connectivity index (χ0) is 20.2. The van der Waals surface area contributed by atoms with Crippen LogP contribution in [0.5, 0.6) is 5.75 Å². The van der Waals surface area contributed by atoms with Gasteiger partial charge in [0.25, 0.3) is 5.91 Å². The number of hydrogen-bond acceptors (Lipinski definition) is 4. The minimum absolute atomic E-state index is 0.0490. The van der Waals surface area contributed by atoms with E-state index in [2.05, 4.69) is 46.8 Å². The maximum absolute atomic E-state index is 12.2. The number of rotatable bonds is 6. The van der Waals surface area contributed by atoms with Crippen molar-refractivity contribution in [1.29, 1.82) is 0 Å². The predicted molar refractivity (Wildman–Crippen MR) is 115 cm³/mol. The van der Waals surface area contributed by atoms with E-state index in [9.17, 15) is 4.79 Å². The van der Waals surface area contributed by atoms with Gasteiger partial charge in [0.2, 0.25) is 5.95 Å². The molecule has 0 bridgehead atoms. The first-order valence-electron chi connectivity index (χ1n) is 10.3. The summed E-state index contributed by atoms with van der Waals surface area (Å²) in [4.78, 5) is 19.5. The van der Waals surface area contributed by atoms with Gasteiger partial charge >= 0.3 is 0 Å². The molecule has 0 spiro atoms. The zero-order valence-electron chi connectivity index (χ0n) is 17.0. The SMILES string of the molecule is CC(C)n1c(N2CCC(NC(=O)COc3ccccc3)CC2)nc2ccccc21. The Morgan fingerprint density at radius 1 is 1.10 bits per heavy atom. The van der Waals surface area contributed by atoms with Crippen LogP contribution in [0.2, 0.25) is 0 Å². The van der Waals surface area contributed by atoms with E-state index in [1.54, 1.807) is 0 Å². The molecule has 1 aliphatic heterocycles. The molecule has 1 N–H and O–H groups in total. The number of anilines is 1. The average molecular weight is 393 g/mol. The number of para-hydroxylation sites is 3. The van der Waals surface area contributed by atoms with Crippen LogP contribution in [0.25, 0.3) is 11.0 Å². The molecule has 0 atom stereocenters. The van der Waals surface area contributed by atoms with Gasteiger partial charge in [0.1, 0.15) is 5.75 Å². The molecule has 0 saturated carbocycles. The van der Waals surface area contributed by atoms with Crippen molar-refractivity contribution in [2.24, 2.45) is 0 Å². The second-order valence-corrected chi connectivity index (χ2v) is 7.79. The van der Waals surface area contributed by atoms with Gasteiger partial charge in [-0.1, -0.05) is 30.3 Å². The molecule has 6 nitrogen and oxygen atoms in total. The molecule has 0 aliphatic carbocycles. The lowest BCUT2D eigenvalue weighted by atomic mass is 10.1. The second kappa shape index (κ2) is 8.55. The number of nitrogens with zero attached hydrogens (tertiary/aromatic N) is 3. The molecule has 0 radical (unpaired) electrons. The summed E-state index contributed by atoms with van der Waals surface area (Å²) in [5, 5.41) is 3.11. The van der Waals surface area contributed by atoms with E-state index < -0.39 is 0 Å². The zero-order valence-corrected chi connectivity index (χ0v) is 17.0. The Labute approximate surface area is 171 Å². The molecule has 1 aliphatic rings. The lowest BCUT2D eigenvalue weighted by Gasteiger charge is -2.34. The van der Waals surface area contributed by atoms with Gasteiger partial charge in [-0.2, -0.15) is 0 Å². The molecule has 1 fully saturated rings. The lowest BCUT2D eigenvalue weighted by molar-refractivity contribution is -0.123. The van der Waals surface area contributed by atoms with Crippen molar-refractivity contribution < 1.29 is 9.53 Å². The van der Waals surface area contributed by atoms with Crippen molar-refractivity contribution >= 4 is 22.9 Å². The van der Waals surface area contributed by atoms with Gasteiger partial charge in [-0.05, 0) is 51.0 Å². The van der Waals surface area contributed by atoms with Crippen molar-refractivity contribution in [3.63, 3.8) is 0 Å². The number of aromatic nitrogens is 2. The summed E-state index contributed by atoms with van der Waals surface area (Å²) in [5.74, 6) is 1.67. The topological polar surface area (TPSA) is 59.4 Å². The Morgan fingerprint density at radius 2 is 1.79 bits per heavy atom. The molecule has 1 aromatic heterocycles. The molecule has 2 aromatic carbocycles. The van der Waals surface area contributed by atoms with E-state index in [1.807, 2.05) is 36.4 Å². The van der Waals surface area contributed by atoms with E-state index >= 15 is 0 Å². The van der Waals surface area contributed by atoms with Crippen molar-refractivity contribution in [3.05, 3.63) is 54.6 Å². The first-order chi connectivity index (χ1) is 14.1. The molecule has 2 heterocycles. The second-order valence-electron chi connectivity index (χ2n) is 7.79. The molecule has 4 rings (SSSR count). The van der Waals surface area contributed by atoms with Crippen LogP contribution in [-0.4, -0.2) is 41.2 Å². The van der Waals surface area contributed by atoms with E-state index in [1.165, 1.54) is 5.52 Å². The van der Waals surface area contributed by atoms with Crippen LogP contribution in [0, 0.1) is 0 Å². The van der Waals surface area contributed by atoms with Gasteiger partial charge in [-0.25, -0.2) is 4.98 Å². The number of benzene rings is 2. The summed E-state index contributed by atoms with van der Waals surface area (Å²) in [6.07, 6.45) is 1.80. The Bertz CT molecular complexity index is 959. The number of piperidine rings is 1. The number of amides is 1. The molecule has 1 amide bonds. The van der Waals surface area contributed by atoms with Crippen molar-refractivity contribution in [3.8, 4) is 5.75 Å². The number of ether oxygens (including phenoxy) is 1. The van der Waals surface area contributed by atoms with Crippen LogP contribution in [0.15, 0.2) is 54.6 Å². The first kappa shape index (κ1) is 19.3. The van der Waals surface area contributed by atoms with Crippen molar-refractivity contribution in [2.45, 2.75) is 38.8 Å². The predicted octanol–water partition coefficient (Wildman–Crippen LogP) is 3.78. The quantitative estimate of drug-likeness (QED) is 0.694. The van der Waals surface area contributed by atoms with Gasteiger partial charge < -0.3 is 19.5 Å². The summed E-state index contributed by atoms with van der Waals surface area (Å²) in [6, 6.07) is 18.2. The van der Waals surface area contributed by atoms with Gasteiger partial charge in [0.15, 0.2) is 6.61 Å². The van der Waals surface area contributed by atoms with Crippen LogP contribution < -0.4 is 15.0 Å². The third-order valence-electron chi connectivity index (χ3n) is 5.35.